The smallest absolute Gasteiger partial charge is 0.218 e. The summed E-state index contributed by atoms with van der Waals surface area (Å²) in [7, 11) is -2.13. The van der Waals surface area contributed by atoms with Crippen LogP contribution in [0.15, 0.2) is 24.3 Å². The van der Waals surface area contributed by atoms with Gasteiger partial charge in [0.05, 0.1) is 11.5 Å². The number of benzene rings is 1. The zero-order valence-electron chi connectivity index (χ0n) is 6.86. The summed E-state index contributed by atoms with van der Waals surface area (Å²) in [5, 5.41) is 0. The van der Waals surface area contributed by atoms with E-state index in [1.54, 1.807) is 18.2 Å². The molecule has 1 aromatic rings. The second-order valence-electron chi connectivity index (χ2n) is 2.75. The number of fused-ring (bicyclic) bond motifs is 1. The summed E-state index contributed by atoms with van der Waals surface area (Å²) in [6.07, 6.45) is 0.465. The first-order valence-corrected chi connectivity index (χ1v) is 5.04. The lowest BCUT2D eigenvalue weighted by Gasteiger charge is -2.16. The highest BCUT2D eigenvalue weighted by Crippen LogP contribution is 2.23. The largest absolute Gasteiger partial charge is 0.493 e. The molecular weight excluding hydrogens is 188 g/mol. The van der Waals surface area contributed by atoms with Crippen LogP contribution in [0.4, 0.5) is 0 Å². The molecule has 0 atom stereocenters. The van der Waals surface area contributed by atoms with Crippen molar-refractivity contribution in [2.24, 2.45) is 0 Å². The molecular formula is C9H8O3S. The van der Waals surface area contributed by atoms with Gasteiger partial charge in [0.15, 0.2) is 0 Å². The topological polar surface area (TPSA) is 43.4 Å². The molecule has 2 rings (SSSR count). The predicted octanol–water partition coefficient (Wildman–Crippen LogP) is 0.869. The zero-order valence-corrected chi connectivity index (χ0v) is 7.67. The molecule has 0 unspecified atom stereocenters. The first-order chi connectivity index (χ1) is 6.29. The third-order valence-electron chi connectivity index (χ3n) is 1.98. The molecule has 0 bridgehead atoms. The van der Waals surface area contributed by atoms with Gasteiger partial charge in [0.2, 0.25) is 10.3 Å². The Morgan fingerprint density at radius 2 is 2.00 bits per heavy atom. The summed E-state index contributed by atoms with van der Waals surface area (Å²) in [5.74, 6) is 0.660. The third-order valence-corrected chi connectivity index (χ3v) is 2.80. The maximum absolute atomic E-state index is 10.8. The zero-order chi connectivity index (χ0) is 9.26. The highest BCUT2D eigenvalue weighted by molar-refractivity contribution is 7.73. The van der Waals surface area contributed by atoms with Gasteiger partial charge in [-0.15, -0.1) is 0 Å². The Morgan fingerprint density at radius 3 is 2.77 bits per heavy atom. The van der Waals surface area contributed by atoms with E-state index in [1.165, 1.54) is 0 Å². The molecule has 1 aliphatic heterocycles. The molecule has 1 aromatic carbocycles. The summed E-state index contributed by atoms with van der Waals surface area (Å²) >= 11 is 0. The van der Waals surface area contributed by atoms with E-state index in [4.69, 9.17) is 4.74 Å². The van der Waals surface area contributed by atoms with Crippen LogP contribution in [0, 0.1) is 0 Å². The molecule has 0 N–H and O–H groups in total. The van der Waals surface area contributed by atoms with Gasteiger partial charge in [-0.25, -0.2) is 0 Å². The van der Waals surface area contributed by atoms with Crippen molar-refractivity contribution in [3.8, 4) is 5.75 Å². The lowest BCUT2D eigenvalue weighted by atomic mass is 10.1. The second-order valence-corrected chi connectivity index (χ2v) is 3.71. The molecule has 13 heavy (non-hydrogen) atoms. The minimum Gasteiger partial charge on any atom is -0.493 e. The number of rotatable bonds is 0. The van der Waals surface area contributed by atoms with Crippen LogP contribution in [0.2, 0.25) is 0 Å². The van der Waals surface area contributed by atoms with Crippen LogP contribution in [-0.2, 0) is 10.3 Å². The lowest BCUT2D eigenvalue weighted by Crippen LogP contribution is -2.16. The number of hydrogen-bond acceptors (Lipinski definition) is 3. The van der Waals surface area contributed by atoms with Crippen molar-refractivity contribution in [1.29, 1.82) is 0 Å². The first-order valence-electron chi connectivity index (χ1n) is 3.96. The van der Waals surface area contributed by atoms with E-state index in [2.05, 4.69) is 0 Å². The predicted molar refractivity (Wildman–Crippen MR) is 49.6 cm³/mol. The molecule has 0 radical (unpaired) electrons. The van der Waals surface area contributed by atoms with E-state index in [9.17, 15) is 8.42 Å². The molecule has 0 saturated heterocycles. The van der Waals surface area contributed by atoms with E-state index >= 15 is 0 Å². The standard InChI is InChI=1S/C9H8O3S/c10-13(11)9-5-6-12-8-4-2-1-3-7(8)9/h1-4H,5-6H2. The van der Waals surface area contributed by atoms with Crippen LogP contribution in [-0.4, -0.2) is 19.9 Å². The summed E-state index contributed by atoms with van der Waals surface area (Å²) in [5.41, 5.74) is 0.696. The minimum absolute atomic E-state index is 0.445. The Balaban J connectivity index is 2.69. The van der Waals surface area contributed by atoms with Crippen molar-refractivity contribution in [1.82, 2.24) is 0 Å². The van der Waals surface area contributed by atoms with Crippen molar-refractivity contribution < 1.29 is 13.2 Å². The van der Waals surface area contributed by atoms with E-state index in [-0.39, 0.29) is 0 Å². The molecule has 0 amide bonds. The van der Waals surface area contributed by atoms with Gasteiger partial charge in [0, 0.05) is 12.0 Å². The molecule has 1 heterocycles. The molecule has 1 aliphatic rings. The summed E-state index contributed by atoms with van der Waals surface area (Å²) in [6, 6.07) is 7.18. The van der Waals surface area contributed by atoms with E-state index in [0.29, 0.717) is 29.2 Å². The maximum atomic E-state index is 10.8. The Bertz CT molecular complexity index is 452. The molecule has 0 fully saturated rings. The number of ether oxygens (including phenoxy) is 1. The van der Waals surface area contributed by atoms with Gasteiger partial charge in [-0.3, -0.25) is 0 Å². The molecule has 0 saturated carbocycles. The van der Waals surface area contributed by atoms with Gasteiger partial charge >= 0.3 is 0 Å². The minimum atomic E-state index is -2.13. The van der Waals surface area contributed by atoms with E-state index in [0.717, 1.165) is 0 Å². The fraction of sp³-hybridized carbons (Fsp3) is 0.222. The molecule has 0 spiro atoms. The van der Waals surface area contributed by atoms with Crippen molar-refractivity contribution in [2.45, 2.75) is 6.42 Å². The van der Waals surface area contributed by atoms with Crippen molar-refractivity contribution in [3.63, 3.8) is 0 Å². The highest BCUT2D eigenvalue weighted by atomic mass is 32.2. The maximum Gasteiger partial charge on any atom is 0.218 e. The average molecular weight is 196 g/mol. The van der Waals surface area contributed by atoms with Crippen LogP contribution in [0.3, 0.4) is 0 Å². The molecule has 0 aliphatic carbocycles. The van der Waals surface area contributed by atoms with Gasteiger partial charge in [-0.05, 0) is 12.1 Å². The first kappa shape index (κ1) is 8.31. The van der Waals surface area contributed by atoms with Gasteiger partial charge < -0.3 is 4.74 Å². The molecule has 4 heteroatoms. The monoisotopic (exact) mass is 196 g/mol. The van der Waals surface area contributed by atoms with Crippen LogP contribution >= 0.6 is 0 Å². The van der Waals surface area contributed by atoms with E-state index in [1.807, 2.05) is 6.07 Å². The Hall–Kier alpha value is -1.29. The average Bonchev–Trinajstić information content (AvgIpc) is 2.17. The van der Waals surface area contributed by atoms with Gasteiger partial charge in [-0.1, -0.05) is 12.1 Å². The van der Waals surface area contributed by atoms with E-state index < -0.39 is 10.3 Å². The Morgan fingerprint density at radius 1 is 1.23 bits per heavy atom. The molecule has 0 aromatic heterocycles. The second kappa shape index (κ2) is 3.22. The number of hydrogen-bond donors (Lipinski definition) is 0. The third kappa shape index (κ3) is 1.45. The fourth-order valence-corrected chi connectivity index (χ4v) is 1.98. The molecule has 68 valence electrons. The Labute approximate surface area is 77.5 Å². The summed E-state index contributed by atoms with van der Waals surface area (Å²) in [6.45, 7) is 0.445. The Kier molecular flexibility index (Phi) is 2.06. The fourth-order valence-electron chi connectivity index (χ4n) is 1.38. The highest BCUT2D eigenvalue weighted by Gasteiger charge is 2.16. The van der Waals surface area contributed by atoms with Crippen molar-refractivity contribution in [2.75, 3.05) is 6.61 Å². The van der Waals surface area contributed by atoms with Crippen molar-refractivity contribution in [3.05, 3.63) is 29.8 Å². The van der Waals surface area contributed by atoms with Gasteiger partial charge in [0.25, 0.3) is 0 Å². The number of para-hydroxylation sites is 1. The normalized spacial score (nSPS) is 14.6. The van der Waals surface area contributed by atoms with Crippen LogP contribution in [0.25, 0.3) is 0 Å². The lowest BCUT2D eigenvalue weighted by molar-refractivity contribution is 0.321. The SMILES string of the molecule is O=S(=O)=C1CCOc2ccccc21. The molecule has 3 nitrogen and oxygen atoms in total. The van der Waals surface area contributed by atoms with Gasteiger partial charge in [0.1, 0.15) is 5.75 Å². The van der Waals surface area contributed by atoms with Crippen LogP contribution in [0.1, 0.15) is 12.0 Å². The van der Waals surface area contributed by atoms with Crippen molar-refractivity contribution >= 4 is 15.2 Å². The summed E-state index contributed by atoms with van der Waals surface area (Å²) in [4.78, 5) is 0.446. The summed E-state index contributed by atoms with van der Waals surface area (Å²) < 4.78 is 27.0. The van der Waals surface area contributed by atoms with Crippen LogP contribution in [0.5, 0.6) is 5.75 Å². The van der Waals surface area contributed by atoms with Gasteiger partial charge in [-0.2, -0.15) is 8.42 Å². The van der Waals surface area contributed by atoms with Crippen LogP contribution < -0.4 is 4.74 Å². The quantitative estimate of drug-likeness (QED) is 0.578.